The Morgan fingerprint density at radius 2 is 1.89 bits per heavy atom. The molecule has 1 aromatic carbocycles. The van der Waals surface area contributed by atoms with E-state index in [0.29, 0.717) is 10.7 Å². The zero-order valence-electron chi connectivity index (χ0n) is 17.0. The Morgan fingerprint density at radius 1 is 1.22 bits per heavy atom. The van der Waals surface area contributed by atoms with Gasteiger partial charge in [-0.1, -0.05) is 42.8 Å². The minimum absolute atomic E-state index is 0.0357. The average molecular weight is 434 g/mol. The van der Waals surface area contributed by atoms with E-state index < -0.39 is 0 Å². The highest BCUT2D eigenvalue weighted by Crippen LogP contribution is 2.65. The Balaban J connectivity index is 1.52. The maximum absolute atomic E-state index is 13.0. The molecule has 5 rings (SSSR count). The van der Waals surface area contributed by atoms with Crippen LogP contribution in [0.2, 0.25) is 0 Å². The monoisotopic (exact) mass is 433 g/mol. The Labute approximate surface area is 171 Å². The van der Waals surface area contributed by atoms with E-state index in [-0.39, 0.29) is 16.7 Å². The number of carbonyl (C=O) groups excluding carboxylic acids is 1. The molecule has 1 amide bonds. The van der Waals surface area contributed by atoms with Crippen LogP contribution in [-0.4, -0.2) is 17.3 Å². The summed E-state index contributed by atoms with van der Waals surface area (Å²) < 4.78 is 5.79. The number of rotatable bonds is 4. The van der Waals surface area contributed by atoms with Crippen LogP contribution in [0, 0.1) is 17.3 Å². The van der Waals surface area contributed by atoms with Crippen LogP contribution < -0.4 is 10.1 Å². The van der Waals surface area contributed by atoms with E-state index in [1.54, 1.807) is 7.11 Å². The first-order chi connectivity index (χ1) is 12.6. The molecule has 4 aliphatic rings. The molecule has 2 atom stereocenters. The molecule has 0 aromatic heterocycles. The van der Waals surface area contributed by atoms with Crippen molar-refractivity contribution in [2.24, 2.45) is 17.3 Å². The maximum atomic E-state index is 13.0. The lowest BCUT2D eigenvalue weighted by Crippen LogP contribution is -2.53. The summed E-state index contributed by atoms with van der Waals surface area (Å²) in [5.41, 5.74) is 2.22. The Bertz CT molecular complexity index is 737. The van der Waals surface area contributed by atoms with E-state index >= 15 is 0 Å². The SMILES string of the molecule is COc1ccc(C(C)(C)C)cc1NC(=O)CC12C[C@H]3C[C@@H](CC(Br)(C3)C1)C2. The van der Waals surface area contributed by atoms with Crippen LogP contribution in [0.3, 0.4) is 0 Å². The van der Waals surface area contributed by atoms with Crippen molar-refractivity contribution in [3.63, 3.8) is 0 Å². The first-order valence-corrected chi connectivity index (χ1v) is 11.1. The first-order valence-electron chi connectivity index (χ1n) is 10.3. The lowest BCUT2D eigenvalue weighted by Gasteiger charge is -2.60. The number of ether oxygens (including phenoxy) is 1. The van der Waals surface area contributed by atoms with Crippen molar-refractivity contribution in [2.75, 3.05) is 12.4 Å². The van der Waals surface area contributed by atoms with E-state index in [4.69, 9.17) is 4.74 Å². The van der Waals surface area contributed by atoms with Crippen molar-refractivity contribution in [1.29, 1.82) is 0 Å². The van der Waals surface area contributed by atoms with Gasteiger partial charge in [-0.05, 0) is 78.9 Å². The molecule has 0 saturated heterocycles. The molecule has 4 saturated carbocycles. The minimum atomic E-state index is 0.0357. The molecule has 27 heavy (non-hydrogen) atoms. The van der Waals surface area contributed by atoms with E-state index in [0.717, 1.165) is 29.7 Å². The standard InChI is InChI=1S/C23H32BrNO2/c1-21(2,3)17-5-6-19(27-4)18(8-17)25-20(26)13-22-9-15-7-16(10-22)12-23(24,11-15)14-22/h5-6,8,15-16H,7,9-14H2,1-4H3,(H,25,26)/t15-,16-,22?,23?/m1/s1. The number of benzene rings is 1. The van der Waals surface area contributed by atoms with Crippen LogP contribution in [0.5, 0.6) is 5.75 Å². The van der Waals surface area contributed by atoms with Crippen LogP contribution >= 0.6 is 15.9 Å². The van der Waals surface area contributed by atoms with Gasteiger partial charge in [0.25, 0.3) is 0 Å². The fraction of sp³-hybridized carbons (Fsp3) is 0.696. The Hall–Kier alpha value is -1.03. The number of anilines is 1. The molecule has 4 heteroatoms. The van der Waals surface area contributed by atoms with Gasteiger partial charge in [0.2, 0.25) is 5.91 Å². The number of methoxy groups -OCH3 is 1. The predicted molar refractivity (Wildman–Crippen MR) is 114 cm³/mol. The van der Waals surface area contributed by atoms with Gasteiger partial charge >= 0.3 is 0 Å². The zero-order valence-corrected chi connectivity index (χ0v) is 18.6. The molecule has 0 radical (unpaired) electrons. The fourth-order valence-corrected chi connectivity index (χ4v) is 7.86. The summed E-state index contributed by atoms with van der Waals surface area (Å²) in [6, 6.07) is 6.12. The molecule has 4 fully saturated rings. The second-order valence-corrected chi connectivity index (χ2v) is 12.2. The summed E-state index contributed by atoms with van der Waals surface area (Å²) in [6.07, 6.45) is 8.21. The number of halogens is 1. The highest BCUT2D eigenvalue weighted by Gasteiger charge is 2.57. The lowest BCUT2D eigenvalue weighted by molar-refractivity contribution is -0.123. The third-order valence-electron chi connectivity index (χ3n) is 6.99. The van der Waals surface area contributed by atoms with Crippen LogP contribution in [-0.2, 0) is 10.2 Å². The van der Waals surface area contributed by atoms with Crippen molar-refractivity contribution in [1.82, 2.24) is 0 Å². The number of carbonyl (C=O) groups is 1. The number of nitrogens with one attached hydrogen (secondary N) is 1. The third kappa shape index (κ3) is 3.79. The number of alkyl halides is 1. The van der Waals surface area contributed by atoms with Crippen molar-refractivity contribution < 1.29 is 9.53 Å². The Kier molecular flexibility index (Phi) is 4.65. The molecule has 0 aliphatic heterocycles. The topological polar surface area (TPSA) is 38.3 Å². The number of hydrogen-bond acceptors (Lipinski definition) is 2. The van der Waals surface area contributed by atoms with Crippen LogP contribution in [0.25, 0.3) is 0 Å². The summed E-state index contributed by atoms with van der Waals surface area (Å²) in [7, 11) is 1.66. The number of hydrogen-bond donors (Lipinski definition) is 1. The van der Waals surface area contributed by atoms with Gasteiger partial charge in [0.15, 0.2) is 0 Å². The predicted octanol–water partition coefficient (Wildman–Crippen LogP) is 6.06. The summed E-state index contributed by atoms with van der Waals surface area (Å²) in [5.74, 6) is 2.48. The molecular formula is C23H32BrNO2. The molecule has 0 unspecified atom stereocenters. The quantitative estimate of drug-likeness (QED) is 0.586. The van der Waals surface area contributed by atoms with Gasteiger partial charge in [0, 0.05) is 10.7 Å². The maximum Gasteiger partial charge on any atom is 0.225 e. The molecule has 4 aliphatic carbocycles. The van der Waals surface area contributed by atoms with Gasteiger partial charge in [0.05, 0.1) is 12.8 Å². The lowest BCUT2D eigenvalue weighted by atomic mass is 9.48. The van der Waals surface area contributed by atoms with Gasteiger partial charge < -0.3 is 10.1 Å². The first kappa shape index (κ1) is 19.3. The smallest absolute Gasteiger partial charge is 0.225 e. The molecule has 0 spiro atoms. The third-order valence-corrected chi connectivity index (χ3v) is 7.91. The van der Waals surface area contributed by atoms with Crippen molar-refractivity contribution in [3.05, 3.63) is 23.8 Å². The summed E-state index contributed by atoms with van der Waals surface area (Å²) in [6.45, 7) is 6.56. The van der Waals surface area contributed by atoms with Gasteiger partial charge in [-0.3, -0.25) is 4.79 Å². The normalized spacial score (nSPS) is 34.6. The second kappa shape index (κ2) is 6.50. The van der Waals surface area contributed by atoms with Gasteiger partial charge in [-0.15, -0.1) is 0 Å². The summed E-state index contributed by atoms with van der Waals surface area (Å²) >= 11 is 4.05. The summed E-state index contributed by atoms with van der Waals surface area (Å²) in [4.78, 5) is 13.0. The highest BCUT2D eigenvalue weighted by molar-refractivity contribution is 9.10. The van der Waals surface area contributed by atoms with Gasteiger partial charge in [-0.25, -0.2) is 0 Å². The largest absolute Gasteiger partial charge is 0.495 e. The summed E-state index contributed by atoms with van der Waals surface area (Å²) in [5, 5.41) is 3.18. The number of amides is 1. The van der Waals surface area contributed by atoms with Crippen molar-refractivity contribution in [3.8, 4) is 5.75 Å². The van der Waals surface area contributed by atoms with E-state index in [1.165, 1.54) is 37.7 Å². The second-order valence-electron chi connectivity index (χ2n) is 10.5. The highest BCUT2D eigenvalue weighted by atomic mass is 79.9. The molecule has 4 bridgehead atoms. The molecular weight excluding hydrogens is 402 g/mol. The molecule has 1 aromatic rings. The van der Waals surface area contributed by atoms with Crippen LogP contribution in [0.15, 0.2) is 18.2 Å². The van der Waals surface area contributed by atoms with Crippen molar-refractivity contribution in [2.45, 2.75) is 75.5 Å². The van der Waals surface area contributed by atoms with Gasteiger partial charge in [-0.2, -0.15) is 0 Å². The molecule has 148 valence electrons. The van der Waals surface area contributed by atoms with E-state index in [9.17, 15) is 4.79 Å². The Morgan fingerprint density at radius 3 is 2.44 bits per heavy atom. The molecule has 1 N–H and O–H groups in total. The average Bonchev–Trinajstić information content (AvgIpc) is 2.50. The van der Waals surface area contributed by atoms with Crippen molar-refractivity contribution >= 4 is 27.5 Å². The van der Waals surface area contributed by atoms with E-state index in [1.807, 2.05) is 6.07 Å². The van der Waals surface area contributed by atoms with Gasteiger partial charge in [0.1, 0.15) is 5.75 Å². The minimum Gasteiger partial charge on any atom is -0.495 e. The van der Waals surface area contributed by atoms with Crippen LogP contribution in [0.1, 0.15) is 71.3 Å². The molecule has 3 nitrogen and oxygen atoms in total. The molecule has 0 heterocycles. The van der Waals surface area contributed by atoms with Crippen LogP contribution in [0.4, 0.5) is 5.69 Å². The zero-order chi connectivity index (χ0) is 19.4. The fourth-order valence-electron chi connectivity index (χ4n) is 6.35. The van der Waals surface area contributed by atoms with E-state index in [2.05, 4.69) is 54.2 Å².